The minimum Gasteiger partial charge on any atom is -0.289 e. The molecule has 3 nitrogen and oxygen atoms in total. The van der Waals surface area contributed by atoms with Gasteiger partial charge in [-0.15, -0.1) is 0 Å². The molecular weight excluding hydrogens is 423 g/mol. The summed E-state index contributed by atoms with van der Waals surface area (Å²) >= 11 is 6.06. The van der Waals surface area contributed by atoms with E-state index in [1.165, 1.54) is 30.3 Å². The van der Waals surface area contributed by atoms with Crippen LogP contribution in [0.5, 0.6) is 0 Å². The van der Waals surface area contributed by atoms with E-state index in [0.29, 0.717) is 10.6 Å². The molecule has 0 atom stereocenters. The van der Waals surface area contributed by atoms with Gasteiger partial charge in [-0.25, -0.2) is 12.8 Å². The average molecular weight is 445 g/mol. The Bertz CT molecular complexity index is 1180. The first-order valence-electron chi connectivity index (χ1n) is 9.39. The molecule has 0 bridgehead atoms. The average Bonchev–Trinajstić information content (AvgIpc) is 2.69. The van der Waals surface area contributed by atoms with Gasteiger partial charge in [0.1, 0.15) is 5.82 Å². The van der Waals surface area contributed by atoms with Crippen LogP contribution in [-0.4, -0.2) is 14.2 Å². The Morgan fingerprint density at radius 3 is 2.10 bits per heavy atom. The smallest absolute Gasteiger partial charge is 0.193 e. The highest BCUT2D eigenvalue weighted by Crippen LogP contribution is 2.27. The topological polar surface area (TPSA) is 51.2 Å². The van der Waals surface area contributed by atoms with Crippen LogP contribution in [-0.2, 0) is 21.0 Å². The van der Waals surface area contributed by atoms with E-state index < -0.39 is 21.4 Å². The van der Waals surface area contributed by atoms with E-state index in [1.807, 2.05) is 0 Å². The summed E-state index contributed by atoms with van der Waals surface area (Å²) in [5.74, 6) is -1.22. The first kappa shape index (κ1) is 22.2. The maximum Gasteiger partial charge on any atom is 0.193 e. The number of sulfone groups is 1. The highest BCUT2D eigenvalue weighted by Gasteiger charge is 2.22. The van der Waals surface area contributed by atoms with Crippen LogP contribution in [0.25, 0.3) is 0 Å². The number of carbonyl (C=O) groups excluding carboxylic acids is 1. The van der Waals surface area contributed by atoms with Crippen molar-refractivity contribution in [3.63, 3.8) is 0 Å². The van der Waals surface area contributed by atoms with Crippen molar-refractivity contribution in [3.8, 4) is 0 Å². The zero-order chi connectivity index (χ0) is 22.1. The third-order valence-corrected chi connectivity index (χ3v) is 6.76. The summed E-state index contributed by atoms with van der Waals surface area (Å²) in [7, 11) is -3.69. The van der Waals surface area contributed by atoms with Crippen LogP contribution in [0.1, 0.15) is 47.8 Å². The molecule has 156 valence electrons. The minimum absolute atomic E-state index is 0.0901. The molecule has 0 heterocycles. The second kappa shape index (κ2) is 8.32. The van der Waals surface area contributed by atoms with Gasteiger partial charge in [0.2, 0.25) is 0 Å². The third-order valence-electron chi connectivity index (χ3n) is 4.85. The maximum atomic E-state index is 13.2. The summed E-state index contributed by atoms with van der Waals surface area (Å²) in [6.07, 6.45) is 0. The fourth-order valence-electron chi connectivity index (χ4n) is 3.09. The lowest BCUT2D eigenvalue weighted by Crippen LogP contribution is -2.13. The summed E-state index contributed by atoms with van der Waals surface area (Å²) in [5, 5.41) is 0.316. The Morgan fingerprint density at radius 2 is 1.53 bits per heavy atom. The van der Waals surface area contributed by atoms with Gasteiger partial charge < -0.3 is 0 Å². The first-order valence-corrected chi connectivity index (χ1v) is 11.4. The monoisotopic (exact) mass is 444 g/mol. The van der Waals surface area contributed by atoms with E-state index in [4.69, 9.17) is 11.6 Å². The summed E-state index contributed by atoms with van der Waals surface area (Å²) in [4.78, 5) is 13.1. The number of rotatable bonds is 5. The van der Waals surface area contributed by atoms with E-state index in [1.54, 1.807) is 36.4 Å². The number of benzene rings is 3. The fourth-order valence-corrected chi connectivity index (χ4v) is 4.64. The molecular formula is C24H22ClFO3S. The highest BCUT2D eigenvalue weighted by molar-refractivity contribution is 7.90. The van der Waals surface area contributed by atoms with Crippen molar-refractivity contribution >= 4 is 27.2 Å². The quantitative estimate of drug-likeness (QED) is 0.455. The molecule has 6 heteroatoms. The number of carbonyl (C=O) groups is 1. The number of hydrogen-bond donors (Lipinski definition) is 0. The largest absolute Gasteiger partial charge is 0.289 e. The molecule has 0 radical (unpaired) electrons. The molecule has 0 aliphatic heterocycles. The molecule has 0 saturated carbocycles. The number of ketones is 1. The minimum atomic E-state index is -3.69. The summed E-state index contributed by atoms with van der Waals surface area (Å²) < 4.78 is 39.2. The van der Waals surface area contributed by atoms with Gasteiger partial charge in [0, 0.05) is 16.1 Å². The van der Waals surface area contributed by atoms with E-state index in [9.17, 15) is 17.6 Å². The summed E-state index contributed by atoms with van der Waals surface area (Å²) in [6.45, 7) is 6.16. The molecule has 3 rings (SSSR count). The Morgan fingerprint density at radius 1 is 0.933 bits per heavy atom. The van der Waals surface area contributed by atoms with Crippen molar-refractivity contribution < 1.29 is 17.6 Å². The molecule has 0 N–H and O–H groups in total. The van der Waals surface area contributed by atoms with Gasteiger partial charge in [-0.2, -0.15) is 0 Å². The van der Waals surface area contributed by atoms with Gasteiger partial charge in [-0.1, -0.05) is 50.6 Å². The van der Waals surface area contributed by atoms with Crippen molar-refractivity contribution in [1.82, 2.24) is 0 Å². The first-order chi connectivity index (χ1) is 14.0. The number of halogens is 2. The molecule has 0 aromatic heterocycles. The Balaban J connectivity index is 1.96. The van der Waals surface area contributed by atoms with Gasteiger partial charge in [0.05, 0.1) is 10.6 Å². The van der Waals surface area contributed by atoms with Crippen LogP contribution >= 0.6 is 11.6 Å². The molecule has 0 spiro atoms. The molecule has 30 heavy (non-hydrogen) atoms. The van der Waals surface area contributed by atoms with Gasteiger partial charge >= 0.3 is 0 Å². The van der Waals surface area contributed by atoms with Crippen molar-refractivity contribution in [2.45, 2.75) is 36.8 Å². The molecule has 3 aromatic carbocycles. The lowest BCUT2D eigenvalue weighted by atomic mass is 9.87. The molecule has 0 aliphatic rings. The van der Waals surface area contributed by atoms with Crippen molar-refractivity contribution in [2.24, 2.45) is 0 Å². The predicted octanol–water partition coefficient (Wildman–Crippen LogP) is 5.98. The molecule has 0 saturated heterocycles. The molecule has 0 amide bonds. The lowest BCUT2D eigenvalue weighted by Gasteiger charge is -2.19. The van der Waals surface area contributed by atoms with Gasteiger partial charge in [0.25, 0.3) is 0 Å². The van der Waals surface area contributed by atoms with Crippen LogP contribution in [0.2, 0.25) is 5.02 Å². The van der Waals surface area contributed by atoms with E-state index >= 15 is 0 Å². The number of hydrogen-bond acceptors (Lipinski definition) is 3. The Kier molecular flexibility index (Phi) is 6.16. The van der Waals surface area contributed by atoms with Crippen LogP contribution in [0.4, 0.5) is 4.39 Å². The standard InChI is InChI=1S/C24H22ClFO3S/c1-24(2,3)18-7-12-21(13-8-18)30(28,29)15-17-4-9-19(25)14-22(17)23(27)16-5-10-20(26)11-6-16/h4-14H,15H2,1-3H3. The predicted molar refractivity (Wildman–Crippen MR) is 117 cm³/mol. The van der Waals surface area contributed by atoms with Gasteiger partial charge in [0.15, 0.2) is 15.6 Å². The fraction of sp³-hybridized carbons (Fsp3) is 0.208. The molecule has 0 fully saturated rings. The van der Waals surface area contributed by atoms with Crippen molar-refractivity contribution in [3.05, 3.63) is 99.8 Å². The van der Waals surface area contributed by atoms with E-state index in [0.717, 1.165) is 5.56 Å². The maximum absolute atomic E-state index is 13.2. The second-order valence-corrected chi connectivity index (χ2v) is 10.6. The molecule has 0 aliphatic carbocycles. The Hall–Kier alpha value is -2.50. The van der Waals surface area contributed by atoms with Crippen LogP contribution < -0.4 is 0 Å². The van der Waals surface area contributed by atoms with Gasteiger partial charge in [-0.05, 0) is 65.1 Å². The van der Waals surface area contributed by atoms with Crippen molar-refractivity contribution in [1.29, 1.82) is 0 Å². The summed E-state index contributed by atoms with van der Waals surface area (Å²) in [5.41, 5.74) is 1.72. The zero-order valence-corrected chi connectivity index (χ0v) is 18.5. The second-order valence-electron chi connectivity index (χ2n) is 8.17. The van der Waals surface area contributed by atoms with Crippen LogP contribution in [0, 0.1) is 5.82 Å². The molecule has 3 aromatic rings. The van der Waals surface area contributed by atoms with Gasteiger partial charge in [-0.3, -0.25) is 4.79 Å². The third kappa shape index (κ3) is 4.97. The van der Waals surface area contributed by atoms with Crippen LogP contribution in [0.3, 0.4) is 0 Å². The molecule has 0 unspecified atom stereocenters. The zero-order valence-electron chi connectivity index (χ0n) is 16.9. The van der Waals surface area contributed by atoms with Crippen molar-refractivity contribution in [2.75, 3.05) is 0 Å². The SMILES string of the molecule is CC(C)(C)c1ccc(S(=O)(=O)Cc2ccc(Cl)cc2C(=O)c2ccc(F)cc2)cc1. The van der Waals surface area contributed by atoms with E-state index in [2.05, 4.69) is 20.8 Å². The normalized spacial score (nSPS) is 12.0. The van der Waals surface area contributed by atoms with Crippen LogP contribution in [0.15, 0.2) is 71.6 Å². The summed E-state index contributed by atoms with van der Waals surface area (Å²) in [6, 6.07) is 16.4. The van der Waals surface area contributed by atoms with E-state index in [-0.39, 0.29) is 27.2 Å². The lowest BCUT2D eigenvalue weighted by molar-refractivity contribution is 0.103. The highest BCUT2D eigenvalue weighted by atomic mass is 35.5. The Labute approximate surface area is 181 Å².